The average molecular weight is 164 g/mol. The van der Waals surface area contributed by atoms with E-state index in [1.54, 1.807) is 0 Å². The van der Waals surface area contributed by atoms with E-state index in [1.165, 1.54) is 4.90 Å². The van der Waals surface area contributed by atoms with Gasteiger partial charge in [0.1, 0.15) is 6.04 Å². The predicted molar refractivity (Wildman–Crippen MR) is 35.8 cm³/mol. The highest BCUT2D eigenvalue weighted by atomic mass is 31.1. The van der Waals surface area contributed by atoms with Crippen molar-refractivity contribution in [3.63, 3.8) is 0 Å². The smallest absolute Gasteiger partial charge is 0.241 e. The molecule has 2 atom stereocenters. The monoisotopic (exact) mass is 164 g/mol. The highest BCUT2D eigenvalue weighted by molar-refractivity contribution is 7.37. The third kappa shape index (κ3) is 1.37. The number of amides is 1. The first kappa shape index (κ1) is 7.72. The molecule has 5 nitrogen and oxygen atoms in total. The van der Waals surface area contributed by atoms with Crippen LogP contribution in [0.25, 0.3) is 0 Å². The lowest BCUT2D eigenvalue weighted by atomic mass is 10.1. The van der Waals surface area contributed by atoms with E-state index in [0.717, 1.165) is 0 Å². The standard InChI is InChI=1S/C4H9N2O3P/c5-3-1-6(4(3)7)2-10(8)9/h3,10H,1-2,5H2,(H,8,9)/t3-/m0/s1. The van der Waals surface area contributed by atoms with Crippen LogP contribution in [-0.2, 0) is 9.36 Å². The molecule has 0 aromatic heterocycles. The summed E-state index contributed by atoms with van der Waals surface area (Å²) in [5.41, 5.74) is 5.22. The highest BCUT2D eigenvalue weighted by Crippen LogP contribution is 2.19. The van der Waals surface area contributed by atoms with Gasteiger partial charge >= 0.3 is 0 Å². The van der Waals surface area contributed by atoms with Gasteiger partial charge in [0.25, 0.3) is 0 Å². The molecule has 1 heterocycles. The molecular weight excluding hydrogens is 155 g/mol. The summed E-state index contributed by atoms with van der Waals surface area (Å²) in [5, 5.41) is 0. The Kier molecular flexibility index (Phi) is 2.08. The number of nitrogens with two attached hydrogens (primary N) is 1. The Hall–Kier alpha value is -0.380. The molecule has 0 spiro atoms. The van der Waals surface area contributed by atoms with E-state index in [1.807, 2.05) is 0 Å². The van der Waals surface area contributed by atoms with Crippen molar-refractivity contribution in [2.45, 2.75) is 6.04 Å². The second-order valence-corrected chi connectivity index (χ2v) is 3.32. The number of hydrogen-bond acceptors (Lipinski definition) is 3. The molecule has 0 radical (unpaired) electrons. The van der Waals surface area contributed by atoms with Crippen LogP contribution < -0.4 is 5.73 Å². The summed E-state index contributed by atoms with van der Waals surface area (Å²) in [6.45, 7) is 0.413. The van der Waals surface area contributed by atoms with Crippen LogP contribution in [0.1, 0.15) is 0 Å². The Morgan fingerprint density at radius 3 is 2.80 bits per heavy atom. The number of nitrogens with zero attached hydrogens (tertiary/aromatic N) is 1. The molecule has 1 amide bonds. The summed E-state index contributed by atoms with van der Waals surface area (Å²) in [6.07, 6.45) is -0.0444. The average Bonchev–Trinajstić information content (AvgIpc) is 1.86. The first-order valence-corrected chi connectivity index (χ1v) is 4.43. The number of hydrogen-bond donors (Lipinski definition) is 2. The van der Waals surface area contributed by atoms with Crippen LogP contribution in [0, 0.1) is 0 Å². The van der Waals surface area contributed by atoms with Crippen molar-refractivity contribution in [1.82, 2.24) is 4.90 Å². The molecule has 1 unspecified atom stereocenters. The molecule has 3 N–H and O–H groups in total. The third-order valence-electron chi connectivity index (χ3n) is 1.37. The molecule has 1 fully saturated rings. The summed E-state index contributed by atoms with van der Waals surface area (Å²) in [7, 11) is -2.55. The summed E-state index contributed by atoms with van der Waals surface area (Å²) in [6, 6.07) is -0.443. The summed E-state index contributed by atoms with van der Waals surface area (Å²) in [4.78, 5) is 20.4. The molecule has 1 rings (SSSR count). The fraction of sp³-hybridized carbons (Fsp3) is 0.750. The molecule has 6 heteroatoms. The lowest BCUT2D eigenvalue weighted by Crippen LogP contribution is -2.60. The van der Waals surface area contributed by atoms with Gasteiger partial charge in [-0.3, -0.25) is 9.36 Å². The molecule has 10 heavy (non-hydrogen) atoms. The molecule has 0 aromatic carbocycles. The lowest BCUT2D eigenvalue weighted by molar-refractivity contribution is -0.140. The van der Waals surface area contributed by atoms with Crippen molar-refractivity contribution >= 4 is 13.9 Å². The lowest BCUT2D eigenvalue weighted by Gasteiger charge is -2.34. The first-order chi connectivity index (χ1) is 4.61. The largest absolute Gasteiger partial charge is 0.345 e. The minimum absolute atomic E-state index is 0.0444. The van der Waals surface area contributed by atoms with Crippen LogP contribution in [0.5, 0.6) is 0 Å². The third-order valence-corrected chi connectivity index (χ3v) is 2.02. The van der Waals surface area contributed by atoms with Crippen LogP contribution in [-0.4, -0.2) is 34.6 Å². The molecule has 58 valence electrons. The Labute approximate surface area is 58.7 Å². The molecule has 0 aromatic rings. The van der Waals surface area contributed by atoms with Crippen LogP contribution in [0.3, 0.4) is 0 Å². The molecule has 0 aliphatic carbocycles. The fourth-order valence-electron chi connectivity index (χ4n) is 0.833. The van der Waals surface area contributed by atoms with Crippen LogP contribution in [0.4, 0.5) is 0 Å². The van der Waals surface area contributed by atoms with E-state index >= 15 is 0 Å². The summed E-state index contributed by atoms with van der Waals surface area (Å²) in [5.74, 6) is -0.229. The second kappa shape index (κ2) is 2.70. The predicted octanol–water partition coefficient (Wildman–Crippen LogP) is -1.42. The van der Waals surface area contributed by atoms with Gasteiger partial charge in [-0.2, -0.15) is 0 Å². The van der Waals surface area contributed by atoms with Crippen molar-refractivity contribution < 1.29 is 14.3 Å². The molecule has 0 saturated carbocycles. The SMILES string of the molecule is N[C@H]1CN(C[PH](=O)O)C1=O. The van der Waals surface area contributed by atoms with Crippen molar-refractivity contribution in [2.75, 3.05) is 12.8 Å². The number of carbonyl (C=O) groups excluding carboxylic acids is 1. The summed E-state index contributed by atoms with van der Waals surface area (Å²) >= 11 is 0. The van der Waals surface area contributed by atoms with Gasteiger partial charge < -0.3 is 15.5 Å². The maximum Gasteiger partial charge on any atom is 0.241 e. The zero-order valence-electron chi connectivity index (χ0n) is 5.28. The van der Waals surface area contributed by atoms with Crippen LogP contribution >= 0.6 is 8.03 Å². The Morgan fingerprint density at radius 2 is 2.50 bits per heavy atom. The normalized spacial score (nSPS) is 28.0. The van der Waals surface area contributed by atoms with Crippen molar-refractivity contribution in [2.24, 2.45) is 5.73 Å². The Balaban J connectivity index is 2.34. The number of rotatable bonds is 2. The Bertz CT molecular complexity index is 183. The highest BCUT2D eigenvalue weighted by Gasteiger charge is 2.33. The van der Waals surface area contributed by atoms with Gasteiger partial charge in [0.15, 0.2) is 0 Å². The van der Waals surface area contributed by atoms with E-state index in [0.29, 0.717) is 6.54 Å². The van der Waals surface area contributed by atoms with Crippen molar-refractivity contribution in [3.05, 3.63) is 0 Å². The van der Waals surface area contributed by atoms with E-state index < -0.39 is 14.1 Å². The van der Waals surface area contributed by atoms with E-state index in [4.69, 9.17) is 10.6 Å². The van der Waals surface area contributed by atoms with Gasteiger partial charge in [-0.1, -0.05) is 0 Å². The minimum atomic E-state index is -2.55. The second-order valence-electron chi connectivity index (χ2n) is 2.22. The molecule has 1 aliphatic rings. The molecule has 1 aliphatic heterocycles. The van der Waals surface area contributed by atoms with Crippen molar-refractivity contribution in [3.8, 4) is 0 Å². The zero-order valence-corrected chi connectivity index (χ0v) is 6.28. The number of β-lactam (4-membered cyclic amide) rings is 1. The zero-order chi connectivity index (χ0) is 7.72. The molecular formula is C4H9N2O3P. The van der Waals surface area contributed by atoms with Crippen LogP contribution in [0.2, 0.25) is 0 Å². The maximum atomic E-state index is 10.7. The summed E-state index contributed by atoms with van der Waals surface area (Å²) < 4.78 is 10.2. The minimum Gasteiger partial charge on any atom is -0.345 e. The number of likely N-dealkylation sites (tertiary alicyclic amines) is 1. The topological polar surface area (TPSA) is 83.6 Å². The quantitative estimate of drug-likeness (QED) is 0.387. The van der Waals surface area contributed by atoms with Crippen molar-refractivity contribution in [1.29, 1.82) is 0 Å². The van der Waals surface area contributed by atoms with Gasteiger partial charge in [-0.05, 0) is 0 Å². The number of carbonyl (C=O) groups is 1. The van der Waals surface area contributed by atoms with Gasteiger partial charge in [0.05, 0.1) is 6.29 Å². The molecule has 0 bridgehead atoms. The van der Waals surface area contributed by atoms with Gasteiger partial charge in [-0.15, -0.1) is 0 Å². The van der Waals surface area contributed by atoms with Crippen LogP contribution in [0.15, 0.2) is 0 Å². The fourth-order valence-corrected chi connectivity index (χ4v) is 1.44. The first-order valence-electron chi connectivity index (χ1n) is 2.87. The van der Waals surface area contributed by atoms with E-state index in [9.17, 15) is 9.36 Å². The van der Waals surface area contributed by atoms with Gasteiger partial charge in [-0.25, -0.2) is 0 Å². The van der Waals surface area contributed by atoms with E-state index in [-0.39, 0.29) is 12.2 Å². The van der Waals surface area contributed by atoms with E-state index in [2.05, 4.69) is 0 Å². The van der Waals surface area contributed by atoms with Gasteiger partial charge in [0, 0.05) is 6.54 Å². The molecule has 1 saturated heterocycles. The maximum absolute atomic E-state index is 10.7. The Morgan fingerprint density at radius 1 is 1.90 bits per heavy atom. The van der Waals surface area contributed by atoms with Gasteiger partial charge in [0.2, 0.25) is 13.9 Å².